The number of hydrogen-bond donors (Lipinski definition) is 1. The third-order valence-electron chi connectivity index (χ3n) is 8.12. The fourth-order valence-corrected chi connectivity index (χ4v) is 5.83. The van der Waals surface area contributed by atoms with Crippen LogP contribution in [0.25, 0.3) is 0 Å². The largest absolute Gasteiger partial charge is 0.497 e. The van der Waals surface area contributed by atoms with Crippen molar-refractivity contribution in [3.8, 4) is 5.75 Å². The number of benzene rings is 1. The van der Waals surface area contributed by atoms with Crippen molar-refractivity contribution in [1.29, 1.82) is 0 Å². The second kappa shape index (κ2) is 10.5. The average Bonchev–Trinajstić information content (AvgIpc) is 2.95. The molecule has 1 aromatic carbocycles. The molecule has 5 rings (SSSR count). The molecule has 0 saturated carbocycles. The Morgan fingerprint density at radius 3 is 2.37 bits per heavy atom. The average molecular weight is 520 g/mol. The standard InChI is InChI=1S/C28H33N5O5/c1-38-21-8-5-19(6-9-21)18-33-25(35)22-10-7-20(17-23(22)30-27(33)37)24(34)31-15-11-28(12-16-31,26(29)36)32-13-3-2-4-14-32/h5-10,17,22H,2-4,11-16,18H2,1H3,(H2,29,36). The normalized spacial score (nSPS) is 23.4. The lowest BCUT2D eigenvalue weighted by molar-refractivity contribution is -0.140. The molecule has 4 aliphatic rings. The molecule has 2 N–H and O–H groups in total. The number of nitrogens with two attached hydrogens (primary N) is 1. The number of aliphatic imine (C=N–C) groups is 1. The number of likely N-dealkylation sites (tertiary alicyclic amines) is 2. The Hall–Kier alpha value is -3.79. The molecular formula is C28H33N5O5. The number of carbonyl (C=O) groups is 4. The SMILES string of the molecule is COc1ccc(CN2C(=O)N=C3C=C(C(=O)N4CCC(C(N)=O)(N5CCCCC5)CC4)C=CC3C2=O)cc1. The lowest BCUT2D eigenvalue weighted by Crippen LogP contribution is -2.63. The van der Waals surface area contributed by atoms with Crippen molar-refractivity contribution < 1.29 is 23.9 Å². The summed E-state index contributed by atoms with van der Waals surface area (Å²) in [5.74, 6) is -0.937. The van der Waals surface area contributed by atoms with Gasteiger partial charge >= 0.3 is 6.03 Å². The Balaban J connectivity index is 1.26. The van der Waals surface area contributed by atoms with Crippen LogP contribution >= 0.6 is 0 Å². The lowest BCUT2D eigenvalue weighted by atomic mass is 9.83. The van der Waals surface area contributed by atoms with Crippen LogP contribution in [0.1, 0.15) is 37.7 Å². The number of nitrogens with zero attached hydrogens (tertiary/aromatic N) is 4. The van der Waals surface area contributed by atoms with Crippen LogP contribution in [-0.2, 0) is 20.9 Å². The number of urea groups is 1. The molecule has 2 fully saturated rings. The van der Waals surface area contributed by atoms with E-state index in [-0.39, 0.29) is 30.0 Å². The van der Waals surface area contributed by atoms with Crippen LogP contribution in [0.15, 0.2) is 53.1 Å². The number of piperidine rings is 2. The van der Waals surface area contributed by atoms with Crippen LogP contribution in [0.4, 0.5) is 4.79 Å². The van der Waals surface area contributed by atoms with Gasteiger partial charge in [-0.3, -0.25) is 24.2 Å². The van der Waals surface area contributed by atoms with Crippen molar-refractivity contribution in [3.05, 3.63) is 53.6 Å². The summed E-state index contributed by atoms with van der Waals surface area (Å²) in [6, 6.07) is 6.47. The molecule has 1 aromatic rings. The molecule has 3 aliphatic heterocycles. The van der Waals surface area contributed by atoms with Gasteiger partial charge in [-0.25, -0.2) is 4.79 Å². The van der Waals surface area contributed by atoms with Gasteiger partial charge in [-0.05, 0) is 62.5 Å². The van der Waals surface area contributed by atoms with Crippen LogP contribution in [-0.4, -0.2) is 83.0 Å². The molecule has 0 bridgehead atoms. The van der Waals surface area contributed by atoms with Gasteiger partial charge in [0.05, 0.1) is 25.3 Å². The first-order valence-corrected chi connectivity index (χ1v) is 13.1. The molecule has 1 aliphatic carbocycles. The number of fused-ring (bicyclic) bond motifs is 1. The highest BCUT2D eigenvalue weighted by molar-refractivity contribution is 6.23. The van der Waals surface area contributed by atoms with E-state index < -0.39 is 17.5 Å². The van der Waals surface area contributed by atoms with E-state index in [0.717, 1.165) is 42.8 Å². The zero-order valence-electron chi connectivity index (χ0n) is 21.6. The Bertz CT molecular complexity index is 1220. The van der Waals surface area contributed by atoms with Crippen LogP contribution in [0.2, 0.25) is 0 Å². The highest BCUT2D eigenvalue weighted by atomic mass is 16.5. The van der Waals surface area contributed by atoms with Crippen molar-refractivity contribution in [1.82, 2.24) is 14.7 Å². The maximum atomic E-state index is 13.3. The molecule has 0 aromatic heterocycles. The Morgan fingerprint density at radius 2 is 1.74 bits per heavy atom. The first kappa shape index (κ1) is 25.8. The van der Waals surface area contributed by atoms with Gasteiger partial charge in [0, 0.05) is 18.7 Å². The van der Waals surface area contributed by atoms with Crippen molar-refractivity contribution in [3.63, 3.8) is 0 Å². The predicted molar refractivity (Wildman–Crippen MR) is 140 cm³/mol. The van der Waals surface area contributed by atoms with E-state index in [0.29, 0.717) is 37.3 Å². The van der Waals surface area contributed by atoms with Crippen molar-refractivity contribution >= 4 is 29.5 Å². The summed E-state index contributed by atoms with van der Waals surface area (Å²) in [7, 11) is 1.57. The monoisotopic (exact) mass is 519 g/mol. The van der Waals surface area contributed by atoms with Gasteiger partial charge in [-0.2, -0.15) is 4.99 Å². The van der Waals surface area contributed by atoms with E-state index in [2.05, 4.69) is 9.89 Å². The minimum absolute atomic E-state index is 0.102. The van der Waals surface area contributed by atoms with Gasteiger partial charge < -0.3 is 15.4 Å². The summed E-state index contributed by atoms with van der Waals surface area (Å²) in [6.45, 7) is 2.62. The number of amides is 5. The zero-order valence-corrected chi connectivity index (χ0v) is 21.6. The van der Waals surface area contributed by atoms with E-state index in [4.69, 9.17) is 10.5 Å². The topological polar surface area (TPSA) is 126 Å². The zero-order chi connectivity index (χ0) is 26.9. The minimum atomic E-state index is -0.717. The molecule has 0 spiro atoms. The van der Waals surface area contributed by atoms with Crippen molar-refractivity contribution in [2.45, 2.75) is 44.2 Å². The number of allylic oxidation sites excluding steroid dienone is 1. The van der Waals surface area contributed by atoms with Gasteiger partial charge in [-0.15, -0.1) is 0 Å². The van der Waals surface area contributed by atoms with Crippen LogP contribution in [0.3, 0.4) is 0 Å². The maximum Gasteiger partial charge on any atom is 0.350 e. The third kappa shape index (κ3) is 4.76. The Morgan fingerprint density at radius 1 is 1.05 bits per heavy atom. The first-order valence-electron chi connectivity index (χ1n) is 13.1. The van der Waals surface area contributed by atoms with E-state index in [1.165, 1.54) is 6.08 Å². The molecule has 3 heterocycles. The van der Waals surface area contributed by atoms with Gasteiger partial charge in [0.15, 0.2) is 0 Å². The molecule has 5 amide bonds. The number of ether oxygens (including phenoxy) is 1. The van der Waals surface area contributed by atoms with Crippen molar-refractivity contribution in [2.24, 2.45) is 16.6 Å². The molecule has 10 nitrogen and oxygen atoms in total. The van der Waals surface area contributed by atoms with Crippen LogP contribution in [0, 0.1) is 5.92 Å². The number of rotatable bonds is 6. The van der Waals surface area contributed by atoms with Gasteiger partial charge in [0.25, 0.3) is 5.91 Å². The number of hydrogen-bond acceptors (Lipinski definition) is 6. The first-order chi connectivity index (χ1) is 18.3. The fourth-order valence-electron chi connectivity index (χ4n) is 5.83. The summed E-state index contributed by atoms with van der Waals surface area (Å²) < 4.78 is 5.15. The minimum Gasteiger partial charge on any atom is -0.497 e. The third-order valence-corrected chi connectivity index (χ3v) is 8.12. The summed E-state index contributed by atoms with van der Waals surface area (Å²) >= 11 is 0. The summed E-state index contributed by atoms with van der Waals surface area (Å²) in [5, 5.41) is 0. The second-order valence-corrected chi connectivity index (χ2v) is 10.3. The second-order valence-electron chi connectivity index (χ2n) is 10.3. The van der Waals surface area contributed by atoms with Gasteiger partial charge in [0.1, 0.15) is 11.3 Å². The number of imide groups is 1. The van der Waals surface area contributed by atoms with Gasteiger partial charge in [0.2, 0.25) is 11.8 Å². The maximum absolute atomic E-state index is 13.3. The van der Waals surface area contributed by atoms with E-state index in [1.807, 2.05) is 0 Å². The smallest absolute Gasteiger partial charge is 0.350 e. The molecule has 10 heteroatoms. The number of carbonyl (C=O) groups excluding carboxylic acids is 4. The molecular weight excluding hydrogens is 486 g/mol. The Kier molecular flexibility index (Phi) is 7.16. The lowest BCUT2D eigenvalue weighted by Gasteiger charge is -2.48. The molecule has 200 valence electrons. The van der Waals surface area contributed by atoms with Gasteiger partial charge in [-0.1, -0.05) is 30.7 Å². The summed E-state index contributed by atoms with van der Waals surface area (Å²) in [5.41, 5.74) is 6.58. The summed E-state index contributed by atoms with van der Waals surface area (Å²) in [6.07, 6.45) is 9.04. The van der Waals surface area contributed by atoms with E-state index in [9.17, 15) is 19.2 Å². The highest BCUT2D eigenvalue weighted by Gasteiger charge is 2.46. The highest BCUT2D eigenvalue weighted by Crippen LogP contribution is 2.33. The molecule has 2 saturated heterocycles. The quantitative estimate of drug-likeness (QED) is 0.613. The number of primary amides is 1. The predicted octanol–water partition coefficient (Wildman–Crippen LogP) is 2.04. The Labute approximate surface area is 221 Å². The van der Waals surface area contributed by atoms with Crippen LogP contribution in [0.5, 0.6) is 5.75 Å². The van der Waals surface area contributed by atoms with Crippen molar-refractivity contribution in [2.75, 3.05) is 33.3 Å². The molecule has 38 heavy (non-hydrogen) atoms. The molecule has 0 radical (unpaired) electrons. The van der Waals surface area contributed by atoms with Crippen LogP contribution < -0.4 is 10.5 Å². The fraction of sp³-hybridized carbons (Fsp3) is 0.464. The molecule has 1 unspecified atom stereocenters. The van der Waals surface area contributed by atoms with E-state index >= 15 is 0 Å². The summed E-state index contributed by atoms with van der Waals surface area (Å²) in [4.78, 5) is 60.9. The van der Waals surface area contributed by atoms with E-state index in [1.54, 1.807) is 48.4 Å². The number of methoxy groups -OCH3 is 1. The molecule has 1 atom stereocenters.